The molecule has 0 radical (unpaired) electrons. The first-order valence-corrected chi connectivity index (χ1v) is 21.2. The lowest BCUT2D eigenvalue weighted by Gasteiger charge is -2.37. The van der Waals surface area contributed by atoms with Crippen LogP contribution in [0.4, 0.5) is 38.0 Å². The second-order valence-electron chi connectivity index (χ2n) is 16.7. The smallest absolute Gasteiger partial charge is 0.320 e. The molecule has 2 unspecified atom stereocenters. The van der Waals surface area contributed by atoms with Crippen LogP contribution in [-0.2, 0) is 9.59 Å². The number of anilines is 5. The van der Waals surface area contributed by atoms with Gasteiger partial charge >= 0.3 is 6.03 Å². The van der Waals surface area contributed by atoms with Gasteiger partial charge in [0.2, 0.25) is 17.8 Å². The Bertz CT molecular complexity index is 2410. The first-order valence-electron chi connectivity index (χ1n) is 21.2. The highest BCUT2D eigenvalue weighted by Crippen LogP contribution is 2.33. The van der Waals surface area contributed by atoms with Gasteiger partial charge in [0.25, 0.3) is 11.8 Å². The molecule has 6 N–H and O–H groups in total. The van der Waals surface area contributed by atoms with Crippen LogP contribution < -0.4 is 36.4 Å². The van der Waals surface area contributed by atoms with Gasteiger partial charge in [-0.25, -0.2) is 14.2 Å². The number of nitrogens with one attached hydrogen (secondary N) is 4. The third-order valence-electron chi connectivity index (χ3n) is 12.7. The number of benzene rings is 2. The number of piperazine rings is 1. The number of piperidine rings is 2. The van der Waals surface area contributed by atoms with Crippen molar-refractivity contribution in [2.24, 2.45) is 11.7 Å². The topological polar surface area (TPSA) is 234 Å². The lowest BCUT2D eigenvalue weighted by molar-refractivity contribution is -0.134. The molecular formula is C41H50FN15O5. The number of carbonyl (C=O) groups is 5. The van der Waals surface area contributed by atoms with Gasteiger partial charge in [-0.05, 0) is 61.9 Å². The minimum Gasteiger partial charge on any atom is -0.369 e. The number of imidazole rings is 1. The molecule has 5 aliphatic rings. The fraction of sp³-hybridized carbons (Fsp3) is 0.488. The number of halogens is 1. The molecule has 5 fully saturated rings. The van der Waals surface area contributed by atoms with Gasteiger partial charge in [-0.2, -0.15) is 4.98 Å². The number of urea groups is 1. The van der Waals surface area contributed by atoms with Gasteiger partial charge in [-0.1, -0.05) is 0 Å². The number of hydrogen-bond acceptors (Lipinski definition) is 14. The van der Waals surface area contributed by atoms with Crippen LogP contribution in [0.3, 0.4) is 0 Å². The van der Waals surface area contributed by atoms with Gasteiger partial charge in [0.05, 0.1) is 34.8 Å². The van der Waals surface area contributed by atoms with Crippen LogP contribution in [0, 0.1) is 11.7 Å². The fourth-order valence-corrected chi connectivity index (χ4v) is 9.35. The number of nitrogens with two attached hydrogens (primary N) is 1. The molecule has 0 bridgehead atoms. The Balaban J connectivity index is 0.788. The quantitative estimate of drug-likeness (QED) is 0.134. The third-order valence-corrected chi connectivity index (χ3v) is 12.7. The molecule has 0 spiro atoms. The average Bonchev–Trinajstić information content (AvgIpc) is 4.03. The van der Waals surface area contributed by atoms with Gasteiger partial charge in [0.1, 0.15) is 17.4 Å². The maximum atomic E-state index is 15.8. The number of hydrogen-bond donors (Lipinski definition) is 5. The number of aromatic nitrogens is 5. The number of carbonyl (C=O) groups excluding carboxylic acids is 5. The van der Waals surface area contributed by atoms with Crippen molar-refractivity contribution in [3.05, 3.63) is 53.7 Å². The van der Waals surface area contributed by atoms with Gasteiger partial charge in [-0.15, -0.1) is 10.2 Å². The van der Waals surface area contributed by atoms with E-state index in [1.54, 1.807) is 36.5 Å². The van der Waals surface area contributed by atoms with Gasteiger partial charge < -0.3 is 45.9 Å². The molecule has 9 rings (SSSR count). The van der Waals surface area contributed by atoms with Gasteiger partial charge in [-0.3, -0.25) is 29.4 Å². The van der Waals surface area contributed by atoms with E-state index in [1.165, 1.54) is 6.07 Å². The Morgan fingerprint density at radius 3 is 2.48 bits per heavy atom. The van der Waals surface area contributed by atoms with Gasteiger partial charge in [0, 0.05) is 91.1 Å². The summed E-state index contributed by atoms with van der Waals surface area (Å²) in [4.78, 5) is 86.5. The van der Waals surface area contributed by atoms with Crippen LogP contribution in [0.1, 0.15) is 53.0 Å². The third kappa shape index (κ3) is 8.23. The summed E-state index contributed by atoms with van der Waals surface area (Å²) in [5, 5.41) is 16.4. The van der Waals surface area contributed by atoms with E-state index >= 15 is 4.39 Å². The normalized spacial score (nSPS) is 22.5. The first kappa shape index (κ1) is 40.7. The van der Waals surface area contributed by atoms with E-state index in [0.717, 1.165) is 63.2 Å². The second kappa shape index (κ2) is 17.0. The second-order valence-corrected chi connectivity index (χ2v) is 16.7. The molecule has 2 aromatic heterocycles. The number of amides is 6. The predicted octanol–water partition coefficient (Wildman–Crippen LogP) is 1.25. The minimum absolute atomic E-state index is 0.00178. The summed E-state index contributed by atoms with van der Waals surface area (Å²) < 4.78 is 15.8. The molecule has 0 aliphatic carbocycles. The van der Waals surface area contributed by atoms with Crippen molar-refractivity contribution in [3.63, 3.8) is 0 Å². The Labute approximate surface area is 356 Å². The van der Waals surface area contributed by atoms with Crippen molar-refractivity contribution in [2.45, 2.75) is 44.2 Å². The standard InChI is InChI=1S/C41H50FN15O5/c1-52-13-18-57(41(52)62)26-3-2-11-56(22-26)40-49-37(35(36(43)59)50-51-40)46-25-4-7-30(28(42)19-25)54-16-14-53(15-17-54)20-24-10-12-55(21-24)31-8-5-27(33-34(31)45-23-44-33)38(60)47-29-6-9-32(58)48-39(29)61/h4-5,7-8,19,23-24,26,29H,2-3,6,9-18,20-22H2,1H3,(H2,43,59)(H,44,45)(H,47,60)(H,46,49,51)(H,48,58,61)/t24?,26-,29?/m1/s1. The number of rotatable bonds is 11. The number of likely N-dealkylation sites (N-methyl/N-ethyl adjacent to an activating group) is 1. The van der Waals surface area contributed by atoms with E-state index < -0.39 is 29.6 Å². The summed E-state index contributed by atoms with van der Waals surface area (Å²) >= 11 is 0. The predicted molar refractivity (Wildman–Crippen MR) is 227 cm³/mol. The highest BCUT2D eigenvalue weighted by Gasteiger charge is 2.36. The molecule has 6 amide bonds. The van der Waals surface area contributed by atoms with E-state index in [0.29, 0.717) is 73.6 Å². The van der Waals surface area contributed by atoms with E-state index in [4.69, 9.17) is 5.73 Å². The lowest BCUT2D eigenvalue weighted by atomic mass is 10.0. The molecule has 5 saturated heterocycles. The van der Waals surface area contributed by atoms with E-state index in [9.17, 15) is 24.0 Å². The molecule has 3 atom stereocenters. The van der Waals surface area contributed by atoms with Crippen molar-refractivity contribution in [2.75, 3.05) is 99.1 Å². The highest BCUT2D eigenvalue weighted by molar-refractivity contribution is 6.10. The number of primary amides is 1. The zero-order chi connectivity index (χ0) is 43.1. The summed E-state index contributed by atoms with van der Waals surface area (Å²) in [5.41, 5.74) is 8.92. The molecule has 5 aliphatic heterocycles. The van der Waals surface area contributed by atoms with Crippen LogP contribution in [-0.4, -0.2) is 161 Å². The average molecular weight is 852 g/mol. The van der Waals surface area contributed by atoms with Gasteiger partial charge in [0.15, 0.2) is 11.5 Å². The number of fused-ring (bicyclic) bond motifs is 1. The lowest BCUT2D eigenvalue weighted by Crippen LogP contribution is -2.52. The van der Waals surface area contributed by atoms with E-state index in [2.05, 4.69) is 50.9 Å². The number of aromatic amines is 1. The molecule has 7 heterocycles. The SMILES string of the molecule is CN1CCN([C@@H]2CCCN(c3nnc(C(N)=O)c(Nc4ccc(N5CCN(CC6CCN(c7ccc(C(=O)NC8CCC(=O)NC8=O)c8nc[nH]c78)C6)CC5)c(F)c4)n3)C2)C1=O. The maximum Gasteiger partial charge on any atom is 0.320 e. The van der Waals surface area contributed by atoms with Crippen LogP contribution in [0.15, 0.2) is 36.7 Å². The Morgan fingerprint density at radius 2 is 1.73 bits per heavy atom. The maximum absolute atomic E-state index is 15.8. The van der Waals surface area contributed by atoms with Crippen LogP contribution in [0.2, 0.25) is 0 Å². The zero-order valence-corrected chi connectivity index (χ0v) is 34.5. The summed E-state index contributed by atoms with van der Waals surface area (Å²) in [6, 6.07) is 7.72. The minimum atomic E-state index is -0.818. The number of nitrogens with zero attached hydrogens (tertiary/aromatic N) is 10. The Morgan fingerprint density at radius 1 is 0.903 bits per heavy atom. The van der Waals surface area contributed by atoms with E-state index in [1.807, 2.05) is 20.8 Å². The largest absolute Gasteiger partial charge is 0.369 e. The first-order chi connectivity index (χ1) is 30.0. The summed E-state index contributed by atoms with van der Waals surface area (Å²) in [6.45, 7) is 7.95. The van der Waals surface area contributed by atoms with Crippen molar-refractivity contribution < 1.29 is 28.4 Å². The monoisotopic (exact) mass is 851 g/mol. The molecule has 4 aromatic rings. The van der Waals surface area contributed by atoms with E-state index in [-0.39, 0.29) is 42.3 Å². The molecule has 0 saturated carbocycles. The summed E-state index contributed by atoms with van der Waals surface area (Å²) in [6.07, 6.45) is 4.67. The van der Waals surface area contributed by atoms with Crippen molar-refractivity contribution >= 4 is 69.5 Å². The molecular weight excluding hydrogens is 802 g/mol. The van der Waals surface area contributed by atoms with Crippen molar-refractivity contribution in [1.29, 1.82) is 0 Å². The molecule has 326 valence electrons. The Kier molecular flexibility index (Phi) is 11.2. The Hall–Kier alpha value is -6.64. The number of imide groups is 1. The van der Waals surface area contributed by atoms with Crippen LogP contribution in [0.5, 0.6) is 0 Å². The zero-order valence-electron chi connectivity index (χ0n) is 34.5. The van der Waals surface area contributed by atoms with Crippen LogP contribution >= 0.6 is 0 Å². The highest BCUT2D eigenvalue weighted by atomic mass is 19.1. The molecule has 2 aromatic carbocycles. The van der Waals surface area contributed by atoms with Crippen molar-refractivity contribution in [3.8, 4) is 0 Å². The van der Waals surface area contributed by atoms with Crippen molar-refractivity contribution in [1.82, 2.24) is 50.5 Å². The molecule has 62 heavy (non-hydrogen) atoms. The molecule has 21 heteroatoms. The number of H-pyrrole nitrogens is 1. The summed E-state index contributed by atoms with van der Waals surface area (Å²) in [7, 11) is 1.79. The summed E-state index contributed by atoms with van der Waals surface area (Å²) in [5.74, 6) is -1.72. The molecule has 20 nitrogen and oxygen atoms in total. The fourth-order valence-electron chi connectivity index (χ4n) is 9.35. The van der Waals surface area contributed by atoms with Crippen LogP contribution in [0.25, 0.3) is 11.0 Å².